The quantitative estimate of drug-likeness (QED) is 0.410. The highest BCUT2D eigenvalue weighted by Crippen LogP contribution is 2.08. The molecule has 0 atom stereocenters. The Morgan fingerprint density at radius 2 is 2.20 bits per heavy atom. The Hall–Kier alpha value is -1.23. The van der Waals surface area contributed by atoms with Gasteiger partial charge >= 0.3 is 0 Å². The lowest BCUT2D eigenvalue weighted by atomic mass is 10.2. The van der Waals surface area contributed by atoms with E-state index in [4.69, 9.17) is 6.42 Å². The van der Waals surface area contributed by atoms with Crippen LogP contribution in [-0.2, 0) is 4.79 Å². The van der Waals surface area contributed by atoms with Crippen molar-refractivity contribution in [1.82, 2.24) is 5.32 Å². The van der Waals surface area contributed by atoms with Gasteiger partial charge in [0.2, 0.25) is 0 Å². The zero-order valence-electron chi connectivity index (χ0n) is 5.63. The Bertz CT molecular complexity index is 192. The third-order valence-corrected chi connectivity index (χ3v) is 1.47. The molecular weight excluding hydrogens is 126 g/mol. The van der Waals surface area contributed by atoms with Gasteiger partial charge in [-0.05, 0) is 18.8 Å². The number of carbonyl (C=O) groups is 1. The van der Waals surface area contributed by atoms with E-state index in [1.165, 1.54) is 0 Å². The van der Waals surface area contributed by atoms with E-state index in [0.717, 1.165) is 12.8 Å². The van der Waals surface area contributed by atoms with Crippen molar-refractivity contribution in [2.24, 2.45) is 0 Å². The molecule has 0 spiro atoms. The maximum atomic E-state index is 10.6. The maximum Gasteiger partial charge on any atom is 0.295 e. The second-order valence-electron chi connectivity index (χ2n) is 2.26. The van der Waals surface area contributed by atoms with E-state index in [9.17, 15) is 4.79 Å². The number of hydrogen-bond acceptors (Lipinski definition) is 1. The number of rotatable bonds is 1. The molecule has 0 heterocycles. The highest BCUT2D eigenvalue weighted by Gasteiger charge is 2.10. The summed E-state index contributed by atoms with van der Waals surface area (Å²) < 4.78 is 0. The smallest absolute Gasteiger partial charge is 0.295 e. The second-order valence-corrected chi connectivity index (χ2v) is 2.26. The van der Waals surface area contributed by atoms with Crippen molar-refractivity contribution in [2.45, 2.75) is 18.9 Å². The van der Waals surface area contributed by atoms with Crippen LogP contribution in [0.25, 0.3) is 0 Å². The lowest BCUT2D eigenvalue weighted by molar-refractivity contribution is -0.116. The molecule has 1 rings (SSSR count). The normalized spacial score (nSPS) is 16.7. The van der Waals surface area contributed by atoms with E-state index in [1.54, 1.807) is 0 Å². The van der Waals surface area contributed by atoms with Crippen LogP contribution in [0.2, 0.25) is 0 Å². The Morgan fingerprint density at radius 1 is 1.60 bits per heavy atom. The lowest BCUT2D eigenvalue weighted by Crippen LogP contribution is -2.31. The molecule has 0 saturated carbocycles. The van der Waals surface area contributed by atoms with Gasteiger partial charge in [-0.15, -0.1) is 6.42 Å². The van der Waals surface area contributed by atoms with Crippen LogP contribution in [0.1, 0.15) is 12.8 Å². The van der Waals surface area contributed by atoms with Crippen LogP contribution in [0, 0.1) is 12.3 Å². The van der Waals surface area contributed by atoms with E-state index < -0.39 is 0 Å². The molecule has 1 aliphatic carbocycles. The van der Waals surface area contributed by atoms with E-state index >= 15 is 0 Å². The standard InChI is InChI=1S/C8H9NO/c1-2-8(10)9-7-5-3-4-6-7/h1,3-4,7H,5-6H2,(H,9,10). The van der Waals surface area contributed by atoms with Gasteiger partial charge in [-0.2, -0.15) is 0 Å². The molecule has 52 valence electrons. The van der Waals surface area contributed by atoms with E-state index in [0.29, 0.717) is 0 Å². The number of nitrogens with one attached hydrogen (secondary N) is 1. The van der Waals surface area contributed by atoms with Gasteiger partial charge in [-0.1, -0.05) is 12.2 Å². The van der Waals surface area contributed by atoms with Crippen LogP contribution in [0.5, 0.6) is 0 Å². The van der Waals surface area contributed by atoms with Crippen molar-refractivity contribution in [3.8, 4) is 12.3 Å². The van der Waals surface area contributed by atoms with Crippen molar-refractivity contribution in [3.63, 3.8) is 0 Å². The number of hydrogen-bond donors (Lipinski definition) is 1. The topological polar surface area (TPSA) is 29.1 Å². The molecule has 1 amide bonds. The van der Waals surface area contributed by atoms with Crippen molar-refractivity contribution >= 4 is 5.91 Å². The molecule has 0 fully saturated rings. The molecule has 0 bridgehead atoms. The highest BCUT2D eigenvalue weighted by atomic mass is 16.1. The second kappa shape index (κ2) is 3.07. The summed E-state index contributed by atoms with van der Waals surface area (Å²) in [6, 6.07) is 0.239. The van der Waals surface area contributed by atoms with Crippen molar-refractivity contribution in [2.75, 3.05) is 0 Å². The number of terminal acetylenes is 1. The summed E-state index contributed by atoms with van der Waals surface area (Å²) in [4.78, 5) is 10.6. The molecule has 0 aliphatic heterocycles. The van der Waals surface area contributed by atoms with Crippen LogP contribution in [0.4, 0.5) is 0 Å². The Kier molecular flexibility index (Phi) is 2.11. The summed E-state index contributed by atoms with van der Waals surface area (Å²) in [6.45, 7) is 0. The van der Waals surface area contributed by atoms with Gasteiger partial charge in [0.1, 0.15) is 0 Å². The van der Waals surface area contributed by atoms with Gasteiger partial charge in [0, 0.05) is 6.04 Å². The summed E-state index contributed by atoms with van der Waals surface area (Å²) in [6.07, 6.45) is 10.8. The molecular formula is C8H9NO. The van der Waals surface area contributed by atoms with Gasteiger partial charge in [0.05, 0.1) is 0 Å². The Morgan fingerprint density at radius 3 is 2.70 bits per heavy atom. The third-order valence-electron chi connectivity index (χ3n) is 1.47. The number of carbonyl (C=O) groups excluding carboxylic acids is 1. The van der Waals surface area contributed by atoms with E-state index in [2.05, 4.69) is 5.32 Å². The fourth-order valence-electron chi connectivity index (χ4n) is 0.962. The molecule has 1 N–H and O–H groups in total. The minimum Gasteiger partial charge on any atom is -0.342 e. The summed E-state index contributed by atoms with van der Waals surface area (Å²) in [5, 5.41) is 2.69. The summed E-state index contributed by atoms with van der Waals surface area (Å²) in [5.41, 5.74) is 0. The monoisotopic (exact) mass is 135 g/mol. The Balaban J connectivity index is 2.28. The van der Waals surface area contributed by atoms with Crippen LogP contribution >= 0.6 is 0 Å². The van der Waals surface area contributed by atoms with Crippen molar-refractivity contribution in [3.05, 3.63) is 12.2 Å². The van der Waals surface area contributed by atoms with E-state index in [1.807, 2.05) is 18.1 Å². The van der Waals surface area contributed by atoms with Gasteiger partial charge in [-0.25, -0.2) is 0 Å². The molecule has 0 saturated heterocycles. The first kappa shape index (κ1) is 6.88. The largest absolute Gasteiger partial charge is 0.342 e. The third kappa shape index (κ3) is 1.63. The highest BCUT2D eigenvalue weighted by molar-refractivity contribution is 5.93. The first-order valence-corrected chi connectivity index (χ1v) is 3.25. The minimum absolute atomic E-state index is 0.239. The summed E-state index contributed by atoms with van der Waals surface area (Å²) in [7, 11) is 0. The maximum absolute atomic E-state index is 10.6. The molecule has 2 heteroatoms. The number of amides is 1. The van der Waals surface area contributed by atoms with Gasteiger partial charge < -0.3 is 5.32 Å². The fourth-order valence-corrected chi connectivity index (χ4v) is 0.962. The minimum atomic E-state index is -0.311. The summed E-state index contributed by atoms with van der Waals surface area (Å²) >= 11 is 0. The van der Waals surface area contributed by atoms with Crippen LogP contribution in [-0.4, -0.2) is 11.9 Å². The van der Waals surface area contributed by atoms with Crippen LogP contribution < -0.4 is 5.32 Å². The first-order chi connectivity index (χ1) is 4.83. The van der Waals surface area contributed by atoms with Crippen LogP contribution in [0.3, 0.4) is 0 Å². The molecule has 10 heavy (non-hydrogen) atoms. The molecule has 1 aliphatic rings. The fraction of sp³-hybridized carbons (Fsp3) is 0.375. The van der Waals surface area contributed by atoms with Gasteiger partial charge in [-0.3, -0.25) is 4.79 Å². The van der Waals surface area contributed by atoms with Crippen LogP contribution in [0.15, 0.2) is 12.2 Å². The van der Waals surface area contributed by atoms with Crippen molar-refractivity contribution < 1.29 is 4.79 Å². The molecule has 0 radical (unpaired) electrons. The van der Waals surface area contributed by atoms with Gasteiger partial charge in [0.25, 0.3) is 5.91 Å². The molecule has 2 nitrogen and oxygen atoms in total. The average molecular weight is 135 g/mol. The van der Waals surface area contributed by atoms with Gasteiger partial charge in [0.15, 0.2) is 0 Å². The first-order valence-electron chi connectivity index (χ1n) is 3.25. The molecule has 0 aromatic heterocycles. The summed E-state index contributed by atoms with van der Waals surface area (Å²) in [5.74, 6) is 1.70. The van der Waals surface area contributed by atoms with Crippen molar-refractivity contribution in [1.29, 1.82) is 0 Å². The SMILES string of the molecule is C#CC(=O)NC1CC=CC1. The zero-order chi connectivity index (χ0) is 7.40. The molecule has 0 unspecified atom stereocenters. The average Bonchev–Trinajstić information content (AvgIpc) is 2.40. The molecule has 0 aromatic rings. The predicted octanol–water partition coefficient (Wildman–Crippen LogP) is 0.454. The molecule has 0 aromatic carbocycles. The lowest BCUT2D eigenvalue weighted by Gasteiger charge is -2.07. The Labute approximate surface area is 60.3 Å². The predicted molar refractivity (Wildman–Crippen MR) is 39.1 cm³/mol. The zero-order valence-corrected chi connectivity index (χ0v) is 5.63. The van der Waals surface area contributed by atoms with E-state index in [-0.39, 0.29) is 11.9 Å².